The monoisotopic (exact) mass is 304 g/mol. The first-order valence-electron chi connectivity index (χ1n) is 7.09. The Bertz CT molecular complexity index is 613. The molecule has 6 heteroatoms. The van der Waals surface area contributed by atoms with Gasteiger partial charge >= 0.3 is 0 Å². The number of aromatic nitrogens is 3. The van der Waals surface area contributed by atoms with Crippen molar-refractivity contribution in [3.8, 4) is 5.69 Å². The van der Waals surface area contributed by atoms with Crippen LogP contribution in [-0.4, -0.2) is 28.2 Å². The summed E-state index contributed by atoms with van der Waals surface area (Å²) < 4.78 is 1.67. The van der Waals surface area contributed by atoms with E-state index in [1.807, 2.05) is 24.3 Å². The second-order valence-electron chi connectivity index (χ2n) is 7.05. The predicted molar refractivity (Wildman–Crippen MR) is 87.9 cm³/mol. The van der Waals surface area contributed by atoms with Gasteiger partial charge < -0.3 is 10.8 Å². The lowest BCUT2D eigenvalue weighted by Gasteiger charge is -2.39. The highest BCUT2D eigenvalue weighted by atomic mass is 28.3. The van der Waals surface area contributed by atoms with Crippen molar-refractivity contribution in [3.63, 3.8) is 0 Å². The Kier molecular flexibility index (Phi) is 3.95. The van der Waals surface area contributed by atoms with Crippen LogP contribution in [0.4, 0.5) is 5.69 Å². The molecule has 2 aromatic rings. The third kappa shape index (κ3) is 3.01. The first-order chi connectivity index (χ1) is 9.63. The van der Waals surface area contributed by atoms with E-state index in [4.69, 9.17) is 5.73 Å². The molecule has 0 fully saturated rings. The zero-order chi connectivity index (χ0) is 15.8. The molecule has 3 N–H and O–H groups in total. The third-order valence-corrected chi connectivity index (χ3v) is 10.1. The molecule has 1 atom stereocenters. The number of nitrogens with two attached hydrogens (primary N) is 1. The number of benzene rings is 1. The first kappa shape index (κ1) is 15.7. The lowest BCUT2D eigenvalue weighted by Crippen LogP contribution is -2.44. The molecule has 1 aromatic carbocycles. The molecule has 1 heterocycles. The van der Waals surface area contributed by atoms with Crippen molar-refractivity contribution in [2.45, 2.75) is 44.6 Å². The van der Waals surface area contributed by atoms with Crippen LogP contribution in [0.1, 0.15) is 32.2 Å². The van der Waals surface area contributed by atoms with Gasteiger partial charge in [-0.05, 0) is 29.3 Å². The molecule has 114 valence electrons. The summed E-state index contributed by atoms with van der Waals surface area (Å²) in [7, 11) is -1.93. The van der Waals surface area contributed by atoms with E-state index >= 15 is 0 Å². The van der Waals surface area contributed by atoms with Crippen LogP contribution < -0.4 is 5.73 Å². The van der Waals surface area contributed by atoms with E-state index in [1.54, 1.807) is 10.9 Å². The van der Waals surface area contributed by atoms with Gasteiger partial charge in [0.05, 0.1) is 25.7 Å². The van der Waals surface area contributed by atoms with E-state index in [2.05, 4.69) is 44.2 Å². The Balaban J connectivity index is 2.30. The molecule has 0 radical (unpaired) electrons. The number of nitrogen functional groups attached to an aromatic ring is 1. The average Bonchev–Trinajstić information content (AvgIpc) is 2.86. The Morgan fingerprint density at radius 2 is 1.76 bits per heavy atom. The van der Waals surface area contributed by atoms with Gasteiger partial charge in [-0.25, -0.2) is 4.68 Å². The minimum absolute atomic E-state index is 0.0807. The number of aliphatic hydroxyl groups is 1. The average molecular weight is 304 g/mol. The van der Waals surface area contributed by atoms with Gasteiger partial charge in [-0.1, -0.05) is 39.1 Å². The van der Waals surface area contributed by atoms with Crippen molar-refractivity contribution in [2.75, 3.05) is 5.73 Å². The number of rotatable bonds is 3. The van der Waals surface area contributed by atoms with Gasteiger partial charge in [-0.15, -0.1) is 5.10 Å². The smallest absolute Gasteiger partial charge is 0.108 e. The van der Waals surface area contributed by atoms with Gasteiger partial charge in [0.15, 0.2) is 0 Å². The van der Waals surface area contributed by atoms with Gasteiger partial charge in [0.25, 0.3) is 0 Å². The predicted octanol–water partition coefficient (Wildman–Crippen LogP) is 2.93. The topological polar surface area (TPSA) is 77.0 Å². The van der Waals surface area contributed by atoms with Crippen LogP contribution in [0.25, 0.3) is 5.69 Å². The maximum absolute atomic E-state index is 10.7. The maximum Gasteiger partial charge on any atom is 0.108 e. The van der Waals surface area contributed by atoms with Crippen molar-refractivity contribution in [1.29, 1.82) is 0 Å². The number of anilines is 1. The molecule has 0 saturated heterocycles. The number of hydrogen-bond donors (Lipinski definition) is 2. The van der Waals surface area contributed by atoms with Crippen molar-refractivity contribution in [1.82, 2.24) is 15.0 Å². The lowest BCUT2D eigenvalue weighted by molar-refractivity contribution is 0.238. The minimum atomic E-state index is -1.93. The highest BCUT2D eigenvalue weighted by molar-refractivity contribution is 6.80. The molecule has 0 aliphatic heterocycles. The first-order valence-corrected chi connectivity index (χ1v) is 10.2. The second kappa shape index (κ2) is 5.27. The van der Waals surface area contributed by atoms with Crippen LogP contribution in [-0.2, 0) is 0 Å². The van der Waals surface area contributed by atoms with Crippen LogP contribution in [0, 0.1) is 0 Å². The van der Waals surface area contributed by atoms with Gasteiger partial charge in [0.1, 0.15) is 5.69 Å². The van der Waals surface area contributed by atoms with Crippen LogP contribution >= 0.6 is 0 Å². The molecule has 1 aromatic heterocycles. The SMILES string of the molecule is CC(C)(C)[Si](C)(C)C(O)c1cn(-c2ccc(N)cc2)nn1. The maximum atomic E-state index is 10.7. The Morgan fingerprint density at radius 1 is 1.19 bits per heavy atom. The molecule has 0 spiro atoms. The molecular weight excluding hydrogens is 280 g/mol. The van der Waals surface area contributed by atoms with Gasteiger partial charge in [-0.2, -0.15) is 0 Å². The number of aliphatic hydroxyl groups excluding tert-OH is 1. The molecule has 2 rings (SSSR count). The number of hydrogen-bond acceptors (Lipinski definition) is 4. The fourth-order valence-corrected chi connectivity index (χ4v) is 3.63. The van der Waals surface area contributed by atoms with Crippen molar-refractivity contribution >= 4 is 13.8 Å². The lowest BCUT2D eigenvalue weighted by atomic mass is 10.2. The quantitative estimate of drug-likeness (QED) is 0.675. The zero-order valence-electron chi connectivity index (χ0n) is 13.3. The molecule has 1 unspecified atom stereocenters. The Labute approximate surface area is 126 Å². The van der Waals surface area contributed by atoms with Crippen LogP contribution in [0.5, 0.6) is 0 Å². The van der Waals surface area contributed by atoms with E-state index in [9.17, 15) is 5.11 Å². The van der Waals surface area contributed by atoms with Crippen LogP contribution in [0.3, 0.4) is 0 Å². The summed E-state index contributed by atoms with van der Waals surface area (Å²) in [6.45, 7) is 10.9. The highest BCUT2D eigenvalue weighted by Gasteiger charge is 2.43. The summed E-state index contributed by atoms with van der Waals surface area (Å²) in [5.41, 5.74) is 7.37. The van der Waals surface area contributed by atoms with Crippen molar-refractivity contribution in [3.05, 3.63) is 36.2 Å². The molecule has 0 amide bonds. The molecule has 0 aliphatic carbocycles. The standard InChI is InChI=1S/C15H24N4OSi/c1-15(2,3)21(4,5)14(20)13-10-19(18-17-13)12-8-6-11(16)7-9-12/h6-10,14,20H,16H2,1-5H3. The summed E-state index contributed by atoms with van der Waals surface area (Å²) >= 11 is 0. The molecular formula is C15H24N4OSi. The van der Waals surface area contributed by atoms with Crippen LogP contribution in [0.15, 0.2) is 30.5 Å². The van der Waals surface area contributed by atoms with E-state index in [0.29, 0.717) is 11.4 Å². The van der Waals surface area contributed by atoms with Crippen molar-refractivity contribution in [2.24, 2.45) is 0 Å². The van der Waals surface area contributed by atoms with Gasteiger partial charge in [0, 0.05) is 5.69 Å². The summed E-state index contributed by atoms with van der Waals surface area (Å²) in [4.78, 5) is 0. The summed E-state index contributed by atoms with van der Waals surface area (Å²) in [6.07, 6.45) is 1.80. The Hall–Kier alpha value is -1.66. The summed E-state index contributed by atoms with van der Waals surface area (Å²) in [5.74, 6) is 0. The minimum Gasteiger partial charge on any atom is -0.399 e. The zero-order valence-corrected chi connectivity index (χ0v) is 14.3. The van der Waals surface area contributed by atoms with Crippen LogP contribution in [0.2, 0.25) is 18.1 Å². The fraction of sp³-hybridized carbons (Fsp3) is 0.467. The van der Waals surface area contributed by atoms with E-state index in [0.717, 1.165) is 5.69 Å². The molecule has 0 aliphatic rings. The summed E-state index contributed by atoms with van der Waals surface area (Å²) in [6, 6.07) is 7.40. The van der Waals surface area contributed by atoms with Crippen molar-refractivity contribution < 1.29 is 5.11 Å². The van der Waals surface area contributed by atoms with Gasteiger partial charge in [-0.3, -0.25) is 0 Å². The van der Waals surface area contributed by atoms with E-state index in [1.165, 1.54) is 0 Å². The second-order valence-corrected chi connectivity index (χ2v) is 12.5. The molecule has 0 bridgehead atoms. The third-order valence-electron chi connectivity index (χ3n) is 4.57. The van der Waals surface area contributed by atoms with Gasteiger partial charge in [0.2, 0.25) is 0 Å². The summed E-state index contributed by atoms with van der Waals surface area (Å²) in [5, 5.41) is 19.1. The largest absolute Gasteiger partial charge is 0.399 e. The molecule has 21 heavy (non-hydrogen) atoms. The van der Waals surface area contributed by atoms with E-state index in [-0.39, 0.29) is 5.04 Å². The van der Waals surface area contributed by atoms with E-state index < -0.39 is 13.8 Å². The molecule has 0 saturated carbocycles. The normalized spacial score (nSPS) is 14.2. The Morgan fingerprint density at radius 3 is 2.29 bits per heavy atom. The number of nitrogens with zero attached hydrogens (tertiary/aromatic N) is 3. The molecule has 5 nitrogen and oxygen atoms in total. The highest BCUT2D eigenvalue weighted by Crippen LogP contribution is 2.43. The fourth-order valence-electron chi connectivity index (χ4n) is 1.94.